The lowest BCUT2D eigenvalue weighted by atomic mass is 10.1. The number of hydrogen-bond acceptors (Lipinski definition) is 3. The first-order valence-corrected chi connectivity index (χ1v) is 6.29. The number of aliphatic hydroxyl groups excluding tert-OH is 1. The quantitative estimate of drug-likeness (QED) is 0.622. The maximum absolute atomic E-state index is 11.6. The molecule has 4 nitrogen and oxygen atoms in total. The predicted octanol–water partition coefficient (Wildman–Crippen LogP) is 0.624. The van der Waals surface area contributed by atoms with Crippen LogP contribution < -0.4 is 10.6 Å². The molecule has 0 aliphatic carbocycles. The van der Waals surface area contributed by atoms with E-state index in [9.17, 15) is 4.79 Å². The molecule has 1 aromatic rings. The maximum atomic E-state index is 11.6. The minimum atomic E-state index is -0.353. The molecule has 0 spiro atoms. The third-order valence-corrected chi connectivity index (χ3v) is 2.55. The van der Waals surface area contributed by atoms with E-state index >= 15 is 0 Å². The molecule has 0 heterocycles. The van der Waals surface area contributed by atoms with E-state index in [1.807, 2.05) is 31.2 Å². The molecule has 4 heteroatoms. The predicted molar refractivity (Wildman–Crippen MR) is 72.4 cm³/mol. The topological polar surface area (TPSA) is 61.4 Å². The Morgan fingerprint density at radius 3 is 2.56 bits per heavy atom. The number of aliphatic hydroxyl groups is 1. The maximum Gasteiger partial charge on any atom is 0.224 e. The smallest absolute Gasteiger partial charge is 0.224 e. The van der Waals surface area contributed by atoms with Gasteiger partial charge in [0, 0.05) is 19.6 Å². The monoisotopic (exact) mass is 250 g/mol. The number of nitrogens with one attached hydrogen (secondary N) is 2. The molecule has 0 saturated carbocycles. The molecule has 18 heavy (non-hydrogen) atoms. The fourth-order valence-electron chi connectivity index (χ4n) is 1.56. The van der Waals surface area contributed by atoms with Crippen molar-refractivity contribution in [1.82, 2.24) is 10.6 Å². The highest BCUT2D eigenvalue weighted by molar-refractivity contribution is 5.78. The largest absolute Gasteiger partial charge is 0.392 e. The second-order valence-electron chi connectivity index (χ2n) is 4.57. The Morgan fingerprint density at radius 2 is 1.94 bits per heavy atom. The average molecular weight is 250 g/mol. The van der Waals surface area contributed by atoms with Crippen molar-refractivity contribution in [3.8, 4) is 0 Å². The summed E-state index contributed by atoms with van der Waals surface area (Å²) in [5.41, 5.74) is 2.22. The highest BCUT2D eigenvalue weighted by Gasteiger charge is 2.02. The van der Waals surface area contributed by atoms with Gasteiger partial charge in [0.05, 0.1) is 12.5 Å². The van der Waals surface area contributed by atoms with Gasteiger partial charge in [0.1, 0.15) is 0 Å². The lowest BCUT2D eigenvalue weighted by molar-refractivity contribution is -0.120. The van der Waals surface area contributed by atoms with Crippen molar-refractivity contribution < 1.29 is 9.90 Å². The zero-order valence-electron chi connectivity index (χ0n) is 11.1. The van der Waals surface area contributed by atoms with Gasteiger partial charge in [-0.15, -0.1) is 0 Å². The van der Waals surface area contributed by atoms with Crippen LogP contribution >= 0.6 is 0 Å². The van der Waals surface area contributed by atoms with E-state index in [1.54, 1.807) is 6.92 Å². The molecule has 0 saturated heterocycles. The van der Waals surface area contributed by atoms with Crippen LogP contribution in [0, 0.1) is 6.92 Å². The second kappa shape index (κ2) is 7.84. The van der Waals surface area contributed by atoms with Gasteiger partial charge in [-0.2, -0.15) is 0 Å². The van der Waals surface area contributed by atoms with Crippen LogP contribution in [0.5, 0.6) is 0 Å². The lowest BCUT2D eigenvalue weighted by Crippen LogP contribution is -2.35. The van der Waals surface area contributed by atoms with Crippen LogP contribution in [0.3, 0.4) is 0 Å². The first-order valence-electron chi connectivity index (χ1n) is 6.29. The van der Waals surface area contributed by atoms with E-state index in [1.165, 1.54) is 5.56 Å². The van der Waals surface area contributed by atoms with Gasteiger partial charge in [0.25, 0.3) is 0 Å². The molecule has 1 rings (SSSR count). The molecule has 0 aromatic heterocycles. The van der Waals surface area contributed by atoms with E-state index < -0.39 is 0 Å². The fourth-order valence-corrected chi connectivity index (χ4v) is 1.56. The Hall–Kier alpha value is -1.39. The molecule has 1 atom stereocenters. The summed E-state index contributed by atoms with van der Waals surface area (Å²) < 4.78 is 0. The second-order valence-corrected chi connectivity index (χ2v) is 4.57. The summed E-state index contributed by atoms with van der Waals surface area (Å²) in [6.45, 7) is 5.55. The molecular formula is C14H22N2O2. The van der Waals surface area contributed by atoms with Crippen molar-refractivity contribution in [3.05, 3.63) is 35.4 Å². The van der Waals surface area contributed by atoms with Crippen LogP contribution in [0.2, 0.25) is 0 Å². The van der Waals surface area contributed by atoms with Crippen LogP contribution in [0.25, 0.3) is 0 Å². The van der Waals surface area contributed by atoms with Crippen molar-refractivity contribution in [2.24, 2.45) is 0 Å². The van der Waals surface area contributed by atoms with Crippen molar-refractivity contribution in [2.45, 2.75) is 26.4 Å². The van der Waals surface area contributed by atoms with Crippen LogP contribution in [0.15, 0.2) is 24.3 Å². The fraction of sp³-hybridized carbons (Fsp3) is 0.500. The number of hydrogen-bond donors (Lipinski definition) is 3. The highest BCUT2D eigenvalue weighted by Crippen LogP contribution is 2.03. The molecule has 0 bridgehead atoms. The van der Waals surface area contributed by atoms with Gasteiger partial charge in [-0.05, 0) is 19.4 Å². The Labute approximate surface area is 108 Å². The summed E-state index contributed by atoms with van der Waals surface area (Å²) in [6, 6.07) is 7.96. The third-order valence-electron chi connectivity index (χ3n) is 2.55. The summed E-state index contributed by atoms with van der Waals surface area (Å²) in [6.07, 6.45) is 0.0599. The van der Waals surface area contributed by atoms with Gasteiger partial charge in [-0.25, -0.2) is 0 Å². The molecule has 100 valence electrons. The van der Waals surface area contributed by atoms with Crippen molar-refractivity contribution in [2.75, 3.05) is 19.6 Å². The molecule has 1 aromatic carbocycles. The van der Waals surface area contributed by atoms with Gasteiger partial charge in [-0.1, -0.05) is 29.8 Å². The Kier molecular flexibility index (Phi) is 6.39. The third kappa shape index (κ3) is 6.37. The van der Waals surface area contributed by atoms with Crippen molar-refractivity contribution in [1.29, 1.82) is 0 Å². The zero-order chi connectivity index (χ0) is 13.4. The zero-order valence-corrected chi connectivity index (χ0v) is 11.1. The normalized spacial score (nSPS) is 12.2. The van der Waals surface area contributed by atoms with E-state index in [-0.39, 0.29) is 12.0 Å². The number of rotatable bonds is 7. The molecule has 0 aliphatic rings. The molecule has 0 aliphatic heterocycles. The van der Waals surface area contributed by atoms with Crippen LogP contribution in [-0.4, -0.2) is 36.8 Å². The number of carbonyl (C=O) groups excluding carboxylic acids is 1. The minimum Gasteiger partial charge on any atom is -0.392 e. The molecular weight excluding hydrogens is 228 g/mol. The van der Waals surface area contributed by atoms with E-state index in [0.29, 0.717) is 26.1 Å². The number of benzene rings is 1. The summed E-state index contributed by atoms with van der Waals surface area (Å²) in [4.78, 5) is 11.6. The standard InChI is InChI=1S/C14H22N2O2/c1-11-3-5-13(6-4-11)9-14(18)16-8-7-15-10-12(2)17/h3-6,12,15,17H,7-10H2,1-2H3,(H,16,18). The molecule has 0 radical (unpaired) electrons. The van der Waals surface area contributed by atoms with Gasteiger partial charge in [0.2, 0.25) is 5.91 Å². The van der Waals surface area contributed by atoms with Crippen molar-refractivity contribution >= 4 is 5.91 Å². The Balaban J connectivity index is 2.16. The van der Waals surface area contributed by atoms with E-state index in [2.05, 4.69) is 10.6 Å². The van der Waals surface area contributed by atoms with Crippen LogP contribution in [0.1, 0.15) is 18.1 Å². The number of amides is 1. The van der Waals surface area contributed by atoms with Gasteiger partial charge in [-0.3, -0.25) is 4.79 Å². The van der Waals surface area contributed by atoms with Gasteiger partial charge in [0.15, 0.2) is 0 Å². The Morgan fingerprint density at radius 1 is 1.28 bits per heavy atom. The summed E-state index contributed by atoms with van der Waals surface area (Å²) >= 11 is 0. The molecule has 1 unspecified atom stereocenters. The summed E-state index contributed by atoms with van der Waals surface area (Å²) in [5, 5.41) is 14.9. The molecule has 0 fully saturated rings. The minimum absolute atomic E-state index is 0.0256. The Bertz CT molecular complexity index is 361. The first kappa shape index (κ1) is 14.7. The first-order chi connectivity index (χ1) is 8.58. The molecule has 3 N–H and O–H groups in total. The number of carbonyl (C=O) groups is 1. The highest BCUT2D eigenvalue weighted by atomic mass is 16.3. The van der Waals surface area contributed by atoms with Gasteiger partial charge >= 0.3 is 0 Å². The molecule has 1 amide bonds. The van der Waals surface area contributed by atoms with Crippen molar-refractivity contribution in [3.63, 3.8) is 0 Å². The SMILES string of the molecule is Cc1ccc(CC(=O)NCCNCC(C)O)cc1. The van der Waals surface area contributed by atoms with E-state index in [0.717, 1.165) is 5.56 Å². The van der Waals surface area contributed by atoms with Gasteiger partial charge < -0.3 is 15.7 Å². The summed E-state index contributed by atoms with van der Waals surface area (Å²) in [5.74, 6) is 0.0256. The van der Waals surface area contributed by atoms with E-state index in [4.69, 9.17) is 5.11 Å². The average Bonchev–Trinajstić information content (AvgIpc) is 2.31. The lowest BCUT2D eigenvalue weighted by Gasteiger charge is -2.08. The summed E-state index contributed by atoms with van der Waals surface area (Å²) in [7, 11) is 0. The van der Waals surface area contributed by atoms with Crippen LogP contribution in [-0.2, 0) is 11.2 Å². The van der Waals surface area contributed by atoms with Crippen LogP contribution in [0.4, 0.5) is 0 Å². The number of aryl methyl sites for hydroxylation is 1.